The Morgan fingerprint density at radius 3 is 2.81 bits per heavy atom. The van der Waals surface area contributed by atoms with Crippen LogP contribution in [0.5, 0.6) is 0 Å². The van der Waals surface area contributed by atoms with Crippen molar-refractivity contribution in [1.82, 2.24) is 0 Å². The minimum Gasteiger partial charge on any atom is -0.398 e. The summed E-state index contributed by atoms with van der Waals surface area (Å²) in [6.07, 6.45) is 0. The quantitative estimate of drug-likeness (QED) is 0.627. The highest BCUT2D eigenvalue weighted by Crippen LogP contribution is 2.26. The van der Waals surface area contributed by atoms with E-state index in [-0.39, 0.29) is 17.5 Å². The maximum absolute atomic E-state index is 13.1. The number of carbonyl (C=O) groups excluding carboxylic acids is 1. The van der Waals surface area contributed by atoms with E-state index in [1.54, 1.807) is 0 Å². The molecular weight excluding hydrogens is 355 g/mol. The van der Waals surface area contributed by atoms with Gasteiger partial charge in [0.15, 0.2) is 0 Å². The molecule has 0 aliphatic carbocycles. The van der Waals surface area contributed by atoms with Crippen molar-refractivity contribution in [2.45, 2.75) is 11.8 Å². The largest absolute Gasteiger partial charge is 0.398 e. The van der Waals surface area contributed by atoms with E-state index in [1.165, 1.54) is 30.0 Å². The summed E-state index contributed by atoms with van der Waals surface area (Å²) in [4.78, 5) is 12.5. The first-order chi connectivity index (χ1) is 9.95. The smallest absolute Gasteiger partial charge is 0.234 e. The molecule has 1 amide bonds. The SMILES string of the molecule is Cc1cc(Br)ccc1NC(=O)CSc1cc(F)ccc1N. The van der Waals surface area contributed by atoms with Gasteiger partial charge in [0.25, 0.3) is 0 Å². The number of nitrogen functional groups attached to an aromatic ring is 1. The standard InChI is InChI=1S/C15H14BrFN2OS/c1-9-6-10(16)2-5-13(9)19-15(20)8-21-14-7-11(17)3-4-12(14)18/h2-7H,8,18H2,1H3,(H,19,20). The lowest BCUT2D eigenvalue weighted by Crippen LogP contribution is -2.14. The molecule has 2 aromatic carbocycles. The number of nitrogens with two attached hydrogens (primary N) is 1. The molecule has 21 heavy (non-hydrogen) atoms. The van der Waals surface area contributed by atoms with Crippen LogP contribution in [-0.4, -0.2) is 11.7 Å². The van der Waals surface area contributed by atoms with Crippen LogP contribution in [-0.2, 0) is 4.79 Å². The van der Waals surface area contributed by atoms with E-state index in [2.05, 4.69) is 21.2 Å². The molecule has 0 heterocycles. The van der Waals surface area contributed by atoms with E-state index in [0.29, 0.717) is 10.6 Å². The van der Waals surface area contributed by atoms with E-state index in [9.17, 15) is 9.18 Å². The Labute approximate surface area is 135 Å². The Morgan fingerprint density at radius 2 is 2.10 bits per heavy atom. The van der Waals surface area contributed by atoms with Gasteiger partial charge in [0.1, 0.15) is 5.82 Å². The number of aryl methyl sites for hydroxylation is 1. The van der Waals surface area contributed by atoms with Crippen LogP contribution in [0.25, 0.3) is 0 Å². The topological polar surface area (TPSA) is 55.1 Å². The van der Waals surface area contributed by atoms with Gasteiger partial charge in [-0.25, -0.2) is 4.39 Å². The second-order valence-corrected chi connectivity index (χ2v) is 6.41. The highest BCUT2D eigenvalue weighted by atomic mass is 79.9. The number of carbonyl (C=O) groups is 1. The fourth-order valence-electron chi connectivity index (χ4n) is 1.73. The Bertz CT molecular complexity index is 679. The van der Waals surface area contributed by atoms with E-state index in [4.69, 9.17) is 5.73 Å². The number of benzene rings is 2. The Balaban J connectivity index is 1.97. The van der Waals surface area contributed by atoms with Gasteiger partial charge in [0, 0.05) is 20.7 Å². The number of hydrogen-bond acceptors (Lipinski definition) is 3. The minimum absolute atomic E-state index is 0.158. The molecule has 0 bridgehead atoms. The van der Waals surface area contributed by atoms with Crippen molar-refractivity contribution < 1.29 is 9.18 Å². The molecule has 0 aliphatic rings. The lowest BCUT2D eigenvalue weighted by Gasteiger charge is -2.09. The normalized spacial score (nSPS) is 10.4. The first kappa shape index (κ1) is 15.9. The molecule has 3 N–H and O–H groups in total. The first-order valence-electron chi connectivity index (χ1n) is 6.19. The van der Waals surface area contributed by atoms with Crippen molar-refractivity contribution >= 4 is 45.0 Å². The minimum atomic E-state index is -0.365. The summed E-state index contributed by atoms with van der Waals surface area (Å²) in [6, 6.07) is 9.74. The molecule has 0 saturated carbocycles. The molecular formula is C15H14BrFN2OS. The molecule has 0 aromatic heterocycles. The Morgan fingerprint density at radius 1 is 1.33 bits per heavy atom. The average molecular weight is 369 g/mol. The number of rotatable bonds is 4. The van der Waals surface area contributed by atoms with Crippen LogP contribution in [0.4, 0.5) is 15.8 Å². The number of thioether (sulfide) groups is 1. The highest BCUT2D eigenvalue weighted by molar-refractivity contribution is 9.10. The van der Waals surface area contributed by atoms with Crippen molar-refractivity contribution in [2.75, 3.05) is 16.8 Å². The van der Waals surface area contributed by atoms with E-state index < -0.39 is 0 Å². The summed E-state index contributed by atoms with van der Waals surface area (Å²) in [6.45, 7) is 1.91. The van der Waals surface area contributed by atoms with Crippen molar-refractivity contribution in [2.24, 2.45) is 0 Å². The van der Waals surface area contributed by atoms with Gasteiger partial charge in [-0.2, -0.15) is 0 Å². The van der Waals surface area contributed by atoms with Crippen molar-refractivity contribution in [3.63, 3.8) is 0 Å². The predicted octanol–water partition coefficient (Wildman–Crippen LogP) is 4.21. The summed E-state index contributed by atoms with van der Waals surface area (Å²) >= 11 is 4.58. The summed E-state index contributed by atoms with van der Waals surface area (Å²) in [5.74, 6) is -0.353. The highest BCUT2D eigenvalue weighted by Gasteiger charge is 2.08. The fourth-order valence-corrected chi connectivity index (χ4v) is 3.00. The van der Waals surface area contributed by atoms with Crippen molar-refractivity contribution in [1.29, 1.82) is 0 Å². The van der Waals surface area contributed by atoms with Crippen LogP contribution >= 0.6 is 27.7 Å². The fraction of sp³-hybridized carbons (Fsp3) is 0.133. The maximum atomic E-state index is 13.1. The third-order valence-electron chi connectivity index (χ3n) is 2.80. The van der Waals surface area contributed by atoms with Crippen LogP contribution in [0.3, 0.4) is 0 Å². The molecule has 2 aromatic rings. The summed E-state index contributed by atoms with van der Waals surface area (Å²) < 4.78 is 14.1. The van der Waals surface area contributed by atoms with Crippen LogP contribution in [0.1, 0.15) is 5.56 Å². The summed E-state index contributed by atoms with van der Waals surface area (Å²) in [7, 11) is 0. The van der Waals surface area contributed by atoms with Gasteiger partial charge in [-0.15, -0.1) is 11.8 Å². The molecule has 0 aliphatic heterocycles. The molecule has 6 heteroatoms. The van der Waals surface area contributed by atoms with E-state index in [0.717, 1.165) is 15.7 Å². The Kier molecular flexibility index (Phi) is 5.25. The molecule has 0 radical (unpaired) electrons. The number of nitrogens with one attached hydrogen (secondary N) is 1. The van der Waals surface area contributed by atoms with E-state index >= 15 is 0 Å². The van der Waals surface area contributed by atoms with E-state index in [1.807, 2.05) is 25.1 Å². The third-order valence-corrected chi connectivity index (χ3v) is 4.36. The van der Waals surface area contributed by atoms with Gasteiger partial charge < -0.3 is 11.1 Å². The first-order valence-corrected chi connectivity index (χ1v) is 7.97. The molecule has 0 fully saturated rings. The molecule has 2 rings (SSSR count). The molecule has 0 atom stereocenters. The van der Waals surface area contributed by atoms with Gasteiger partial charge in [-0.05, 0) is 48.9 Å². The van der Waals surface area contributed by atoms with Crippen LogP contribution in [0, 0.1) is 12.7 Å². The third kappa shape index (κ3) is 4.47. The second-order valence-electron chi connectivity index (χ2n) is 4.48. The van der Waals surface area contributed by atoms with Gasteiger partial charge in [0.2, 0.25) is 5.91 Å². The zero-order valence-corrected chi connectivity index (χ0v) is 13.7. The average Bonchev–Trinajstić information content (AvgIpc) is 2.43. The number of anilines is 2. The zero-order chi connectivity index (χ0) is 15.4. The van der Waals surface area contributed by atoms with Crippen LogP contribution in [0.2, 0.25) is 0 Å². The number of amides is 1. The number of hydrogen-bond donors (Lipinski definition) is 2. The lowest BCUT2D eigenvalue weighted by molar-refractivity contribution is -0.113. The summed E-state index contributed by atoms with van der Waals surface area (Å²) in [5.41, 5.74) is 7.94. The lowest BCUT2D eigenvalue weighted by atomic mass is 10.2. The van der Waals surface area contributed by atoms with Gasteiger partial charge in [0.05, 0.1) is 5.75 Å². The van der Waals surface area contributed by atoms with Gasteiger partial charge >= 0.3 is 0 Å². The van der Waals surface area contributed by atoms with Crippen molar-refractivity contribution in [3.8, 4) is 0 Å². The maximum Gasteiger partial charge on any atom is 0.234 e. The van der Waals surface area contributed by atoms with Gasteiger partial charge in [-0.3, -0.25) is 4.79 Å². The molecule has 3 nitrogen and oxygen atoms in total. The molecule has 110 valence electrons. The monoisotopic (exact) mass is 368 g/mol. The predicted molar refractivity (Wildman–Crippen MR) is 89.0 cm³/mol. The van der Waals surface area contributed by atoms with Crippen LogP contribution in [0.15, 0.2) is 45.8 Å². The molecule has 0 unspecified atom stereocenters. The number of halogens is 2. The van der Waals surface area contributed by atoms with Gasteiger partial charge in [-0.1, -0.05) is 15.9 Å². The summed E-state index contributed by atoms with van der Waals surface area (Å²) in [5, 5.41) is 2.83. The second kappa shape index (κ2) is 6.95. The molecule has 0 saturated heterocycles. The Hall–Kier alpha value is -1.53. The molecule has 0 spiro atoms. The van der Waals surface area contributed by atoms with Crippen molar-refractivity contribution in [3.05, 3.63) is 52.3 Å². The zero-order valence-electron chi connectivity index (χ0n) is 11.3. The van der Waals surface area contributed by atoms with Crippen LogP contribution < -0.4 is 11.1 Å².